The highest BCUT2D eigenvalue weighted by molar-refractivity contribution is 5.36. The van der Waals surface area contributed by atoms with Crippen molar-refractivity contribution < 1.29 is 18.6 Å². The number of methoxy groups -OCH3 is 1. The van der Waals surface area contributed by atoms with E-state index in [-0.39, 0.29) is 17.9 Å². The monoisotopic (exact) mass is 217 g/mol. The zero-order valence-electron chi connectivity index (χ0n) is 8.55. The Bertz CT molecular complexity index is 344. The molecule has 0 bridgehead atoms. The van der Waals surface area contributed by atoms with Crippen molar-refractivity contribution in [2.24, 2.45) is 0 Å². The molecule has 1 atom stereocenters. The molecule has 1 unspecified atom stereocenters. The Hall–Kier alpha value is -1.20. The Morgan fingerprint density at radius 2 is 2.00 bits per heavy atom. The van der Waals surface area contributed by atoms with Crippen LogP contribution in [0, 0.1) is 11.6 Å². The van der Waals surface area contributed by atoms with Gasteiger partial charge in [0.25, 0.3) is 0 Å². The molecule has 0 heterocycles. The van der Waals surface area contributed by atoms with E-state index in [0.29, 0.717) is 0 Å². The van der Waals surface area contributed by atoms with E-state index in [2.05, 4.69) is 5.32 Å². The van der Waals surface area contributed by atoms with E-state index in [1.165, 1.54) is 7.11 Å². The van der Waals surface area contributed by atoms with Gasteiger partial charge in [-0.15, -0.1) is 0 Å². The van der Waals surface area contributed by atoms with Gasteiger partial charge in [-0.2, -0.15) is 0 Å². The molecule has 0 radical (unpaired) electrons. The zero-order chi connectivity index (χ0) is 11.4. The van der Waals surface area contributed by atoms with Gasteiger partial charge in [-0.25, -0.2) is 8.78 Å². The highest BCUT2D eigenvalue weighted by atomic mass is 19.2. The highest BCUT2D eigenvalue weighted by Crippen LogP contribution is 2.27. The first-order valence-electron chi connectivity index (χ1n) is 4.45. The molecule has 84 valence electrons. The lowest BCUT2D eigenvalue weighted by atomic mass is 10.1. The van der Waals surface area contributed by atoms with Crippen LogP contribution in [0.5, 0.6) is 5.75 Å². The van der Waals surface area contributed by atoms with Gasteiger partial charge in [-0.3, -0.25) is 0 Å². The number of rotatable bonds is 4. The molecule has 0 fully saturated rings. The van der Waals surface area contributed by atoms with Crippen molar-refractivity contribution in [3.05, 3.63) is 29.3 Å². The van der Waals surface area contributed by atoms with E-state index in [4.69, 9.17) is 4.74 Å². The number of ether oxygens (including phenoxy) is 1. The van der Waals surface area contributed by atoms with E-state index in [0.717, 1.165) is 12.1 Å². The first-order valence-corrected chi connectivity index (χ1v) is 4.45. The molecule has 0 saturated carbocycles. The Balaban J connectivity index is 3.09. The summed E-state index contributed by atoms with van der Waals surface area (Å²) in [6.07, 6.45) is -0.931. The summed E-state index contributed by atoms with van der Waals surface area (Å²) >= 11 is 0. The summed E-state index contributed by atoms with van der Waals surface area (Å²) in [7, 11) is 2.98. The van der Waals surface area contributed by atoms with Crippen LogP contribution in [0.2, 0.25) is 0 Å². The molecule has 0 aliphatic heterocycles. The molecular weight excluding hydrogens is 204 g/mol. The van der Waals surface area contributed by atoms with Crippen molar-refractivity contribution in [2.45, 2.75) is 6.10 Å². The second-order valence-electron chi connectivity index (χ2n) is 3.08. The quantitative estimate of drug-likeness (QED) is 0.797. The van der Waals surface area contributed by atoms with Gasteiger partial charge in [0, 0.05) is 18.2 Å². The van der Waals surface area contributed by atoms with Gasteiger partial charge in [-0.1, -0.05) is 0 Å². The number of halogens is 2. The van der Waals surface area contributed by atoms with Gasteiger partial charge < -0.3 is 15.2 Å². The minimum Gasteiger partial charge on any atom is -0.496 e. The molecule has 15 heavy (non-hydrogen) atoms. The zero-order valence-corrected chi connectivity index (χ0v) is 8.55. The second kappa shape index (κ2) is 5.04. The molecule has 0 aromatic heterocycles. The molecule has 0 aliphatic carbocycles. The van der Waals surface area contributed by atoms with E-state index in [1.54, 1.807) is 7.05 Å². The lowest BCUT2D eigenvalue weighted by Crippen LogP contribution is -2.17. The number of hydrogen-bond donors (Lipinski definition) is 2. The van der Waals surface area contributed by atoms with Gasteiger partial charge >= 0.3 is 0 Å². The van der Waals surface area contributed by atoms with Crippen molar-refractivity contribution in [1.82, 2.24) is 5.32 Å². The maximum Gasteiger partial charge on any atom is 0.162 e. The number of benzene rings is 1. The average molecular weight is 217 g/mol. The highest BCUT2D eigenvalue weighted by Gasteiger charge is 2.16. The number of aliphatic hydroxyl groups excluding tert-OH is 1. The number of aliphatic hydroxyl groups is 1. The molecule has 0 aliphatic rings. The van der Waals surface area contributed by atoms with Gasteiger partial charge in [0.05, 0.1) is 13.2 Å². The van der Waals surface area contributed by atoms with Crippen LogP contribution in [0.15, 0.2) is 12.1 Å². The number of nitrogens with one attached hydrogen (secondary N) is 1. The topological polar surface area (TPSA) is 41.5 Å². The van der Waals surface area contributed by atoms with Crippen molar-refractivity contribution >= 4 is 0 Å². The molecule has 1 aromatic carbocycles. The normalized spacial score (nSPS) is 12.6. The summed E-state index contributed by atoms with van der Waals surface area (Å²) in [4.78, 5) is 0. The van der Waals surface area contributed by atoms with Gasteiger partial charge in [-0.05, 0) is 13.1 Å². The van der Waals surface area contributed by atoms with Crippen LogP contribution in [0.25, 0.3) is 0 Å². The Labute approximate surface area is 86.7 Å². The summed E-state index contributed by atoms with van der Waals surface area (Å²) in [5.74, 6) is -1.86. The summed E-state index contributed by atoms with van der Waals surface area (Å²) < 4.78 is 30.6. The van der Waals surface area contributed by atoms with Crippen LogP contribution in [0.3, 0.4) is 0 Å². The molecule has 1 aromatic rings. The molecular formula is C10H13F2NO2. The standard InChI is InChI=1S/C10H13F2NO2/c1-13-5-9(14)6-3-7(11)8(12)4-10(6)15-2/h3-4,9,13-14H,5H2,1-2H3. The van der Waals surface area contributed by atoms with Crippen molar-refractivity contribution in [2.75, 3.05) is 20.7 Å². The SMILES string of the molecule is CNCC(O)c1cc(F)c(F)cc1OC. The fourth-order valence-electron chi connectivity index (χ4n) is 1.28. The smallest absolute Gasteiger partial charge is 0.162 e. The van der Waals surface area contributed by atoms with Crippen molar-refractivity contribution in [3.8, 4) is 5.75 Å². The van der Waals surface area contributed by atoms with Crippen LogP contribution < -0.4 is 10.1 Å². The van der Waals surface area contributed by atoms with E-state index in [1.807, 2.05) is 0 Å². The van der Waals surface area contributed by atoms with E-state index >= 15 is 0 Å². The van der Waals surface area contributed by atoms with Gasteiger partial charge in [0.1, 0.15) is 5.75 Å². The predicted molar refractivity (Wildman–Crippen MR) is 51.8 cm³/mol. The lowest BCUT2D eigenvalue weighted by molar-refractivity contribution is 0.172. The first kappa shape index (κ1) is 11.9. The van der Waals surface area contributed by atoms with Crippen molar-refractivity contribution in [3.63, 3.8) is 0 Å². The molecule has 1 rings (SSSR count). The number of likely N-dealkylation sites (N-methyl/N-ethyl adjacent to an activating group) is 1. The first-order chi connectivity index (χ1) is 7.10. The van der Waals surface area contributed by atoms with Gasteiger partial charge in [0.2, 0.25) is 0 Å². The van der Waals surface area contributed by atoms with Crippen LogP contribution in [-0.4, -0.2) is 25.8 Å². The molecule has 5 heteroatoms. The summed E-state index contributed by atoms with van der Waals surface area (Å²) in [5.41, 5.74) is 0.228. The number of hydrogen-bond acceptors (Lipinski definition) is 3. The predicted octanol–water partition coefficient (Wildman–Crippen LogP) is 1.23. The minimum absolute atomic E-state index is 0.136. The van der Waals surface area contributed by atoms with Crippen molar-refractivity contribution in [1.29, 1.82) is 0 Å². The van der Waals surface area contributed by atoms with Crippen LogP contribution in [-0.2, 0) is 0 Å². The molecule has 0 saturated heterocycles. The third kappa shape index (κ3) is 2.64. The molecule has 0 spiro atoms. The average Bonchev–Trinajstić information content (AvgIpc) is 2.21. The third-order valence-corrected chi connectivity index (χ3v) is 2.03. The molecule has 0 amide bonds. The van der Waals surface area contributed by atoms with Gasteiger partial charge in [0.15, 0.2) is 11.6 Å². The lowest BCUT2D eigenvalue weighted by Gasteiger charge is -2.14. The maximum absolute atomic E-state index is 12.9. The Kier molecular flexibility index (Phi) is 3.99. The third-order valence-electron chi connectivity index (χ3n) is 2.03. The van der Waals surface area contributed by atoms with E-state index < -0.39 is 17.7 Å². The largest absolute Gasteiger partial charge is 0.496 e. The Morgan fingerprint density at radius 1 is 1.40 bits per heavy atom. The second-order valence-corrected chi connectivity index (χ2v) is 3.08. The maximum atomic E-state index is 12.9. The van der Waals surface area contributed by atoms with Crippen LogP contribution in [0.4, 0.5) is 8.78 Å². The summed E-state index contributed by atoms with van der Waals surface area (Å²) in [6.45, 7) is 0.238. The fourth-order valence-corrected chi connectivity index (χ4v) is 1.28. The summed E-state index contributed by atoms with van der Waals surface area (Å²) in [6, 6.07) is 1.86. The molecule has 3 nitrogen and oxygen atoms in total. The minimum atomic E-state index is -0.999. The van der Waals surface area contributed by atoms with E-state index in [9.17, 15) is 13.9 Å². The van der Waals surface area contributed by atoms with Crippen LogP contribution >= 0.6 is 0 Å². The Morgan fingerprint density at radius 3 is 2.53 bits per heavy atom. The van der Waals surface area contributed by atoms with Crippen LogP contribution in [0.1, 0.15) is 11.7 Å². The fraction of sp³-hybridized carbons (Fsp3) is 0.400. The molecule has 2 N–H and O–H groups in total. The summed E-state index contributed by atoms with van der Waals surface area (Å²) in [5, 5.41) is 12.3.